The number of fused-ring (bicyclic) bond motifs is 1. The highest BCUT2D eigenvalue weighted by Gasteiger charge is 2.32. The van der Waals surface area contributed by atoms with E-state index in [2.05, 4.69) is 10.3 Å². The molecule has 7 nitrogen and oxygen atoms in total. The number of amides is 1. The van der Waals surface area contributed by atoms with Crippen molar-refractivity contribution in [2.24, 2.45) is 0 Å². The lowest BCUT2D eigenvalue weighted by molar-refractivity contribution is -0.138. The Morgan fingerprint density at radius 3 is 2.74 bits per heavy atom. The molecular weight excluding hydrogens is 413 g/mol. The highest BCUT2D eigenvalue weighted by molar-refractivity contribution is 5.83. The van der Waals surface area contributed by atoms with Crippen molar-refractivity contribution >= 4 is 23.4 Å². The van der Waals surface area contributed by atoms with Gasteiger partial charge in [0.25, 0.3) is 0 Å². The summed E-state index contributed by atoms with van der Waals surface area (Å²) in [6, 6.07) is 7.57. The topological polar surface area (TPSA) is 74.8 Å². The van der Waals surface area contributed by atoms with E-state index in [1.54, 1.807) is 23.1 Å². The minimum Gasteiger partial charge on any atom is -0.426 e. The number of benzene rings is 1. The fourth-order valence-corrected chi connectivity index (χ4v) is 3.76. The largest absolute Gasteiger partial charge is 0.426 e. The van der Waals surface area contributed by atoms with Crippen LogP contribution < -0.4 is 15.0 Å². The second-order valence-corrected chi connectivity index (χ2v) is 7.61. The summed E-state index contributed by atoms with van der Waals surface area (Å²) < 4.78 is 43.3. The van der Waals surface area contributed by atoms with Crippen LogP contribution in [0.5, 0.6) is 5.75 Å². The first kappa shape index (κ1) is 21.0. The molecule has 2 aliphatic rings. The Morgan fingerprint density at radius 2 is 2.06 bits per heavy atom. The average Bonchev–Trinajstić information content (AvgIpc) is 3.10. The number of aromatic nitrogens is 1. The van der Waals surface area contributed by atoms with Crippen LogP contribution >= 0.6 is 0 Å². The summed E-state index contributed by atoms with van der Waals surface area (Å²) in [5.41, 5.74) is 0.719. The molecule has 3 heterocycles. The third-order valence-corrected chi connectivity index (χ3v) is 5.42. The number of piperazine rings is 1. The van der Waals surface area contributed by atoms with Gasteiger partial charge in [-0.3, -0.25) is 9.59 Å². The smallest absolute Gasteiger partial charge is 0.417 e. The minimum atomic E-state index is -4.42. The molecule has 10 heteroatoms. The average molecular weight is 434 g/mol. The SMILES string of the molecule is C[C@@H]1CN(C(=O)CNc2ccc3c(c2)OC(=O)C3)CCN1c1ccc(C(F)(F)F)cn1. The van der Waals surface area contributed by atoms with Crippen molar-refractivity contribution in [2.75, 3.05) is 36.4 Å². The van der Waals surface area contributed by atoms with Crippen LogP contribution in [0.3, 0.4) is 0 Å². The molecule has 1 saturated heterocycles. The molecule has 164 valence electrons. The standard InChI is InChI=1S/C21H21F3N4O3/c1-13-12-27(6-7-28(13)18-5-3-15(10-26-18)21(22,23)24)19(29)11-25-16-4-2-14-8-20(30)31-17(14)9-16/h2-5,9-10,13,25H,6-8,11-12H2,1H3/t13-/m1/s1. The summed E-state index contributed by atoms with van der Waals surface area (Å²) in [6.45, 7) is 3.33. The molecule has 1 fully saturated rings. The lowest BCUT2D eigenvalue weighted by atomic mass is 10.1. The van der Waals surface area contributed by atoms with E-state index in [0.717, 1.165) is 17.8 Å². The van der Waals surface area contributed by atoms with Crippen LogP contribution in [-0.2, 0) is 22.2 Å². The predicted molar refractivity (Wildman–Crippen MR) is 107 cm³/mol. The molecule has 1 aromatic carbocycles. The quantitative estimate of drug-likeness (QED) is 0.589. The Bertz CT molecular complexity index is 994. The summed E-state index contributed by atoms with van der Waals surface area (Å²) in [5.74, 6) is 0.578. The van der Waals surface area contributed by atoms with Crippen molar-refractivity contribution in [1.29, 1.82) is 0 Å². The number of anilines is 2. The summed E-state index contributed by atoms with van der Waals surface area (Å²) in [5, 5.41) is 3.05. The third-order valence-electron chi connectivity index (χ3n) is 5.42. The lowest BCUT2D eigenvalue weighted by Gasteiger charge is -2.40. The predicted octanol–water partition coefficient (Wildman–Crippen LogP) is 2.71. The van der Waals surface area contributed by atoms with Gasteiger partial charge in [0, 0.05) is 49.2 Å². The second kappa shape index (κ2) is 8.09. The number of rotatable bonds is 4. The number of esters is 1. The number of nitrogens with zero attached hydrogens (tertiary/aromatic N) is 3. The van der Waals surface area contributed by atoms with Crippen LogP contribution in [0.1, 0.15) is 18.1 Å². The molecule has 0 bridgehead atoms. The van der Waals surface area contributed by atoms with E-state index in [4.69, 9.17) is 4.74 Å². The first-order valence-electron chi connectivity index (χ1n) is 9.86. The fourth-order valence-electron chi connectivity index (χ4n) is 3.76. The third kappa shape index (κ3) is 4.57. The maximum Gasteiger partial charge on any atom is 0.417 e. The molecule has 1 atom stereocenters. The molecule has 2 aliphatic heterocycles. The molecule has 0 unspecified atom stereocenters. The van der Waals surface area contributed by atoms with Gasteiger partial charge >= 0.3 is 12.1 Å². The van der Waals surface area contributed by atoms with Crippen LogP contribution in [0.25, 0.3) is 0 Å². The Morgan fingerprint density at radius 1 is 1.26 bits per heavy atom. The summed E-state index contributed by atoms with van der Waals surface area (Å²) in [7, 11) is 0. The monoisotopic (exact) mass is 434 g/mol. The van der Waals surface area contributed by atoms with Crippen molar-refractivity contribution < 1.29 is 27.5 Å². The molecule has 0 radical (unpaired) electrons. The summed E-state index contributed by atoms with van der Waals surface area (Å²) in [6.07, 6.45) is -3.34. The van der Waals surface area contributed by atoms with Gasteiger partial charge in [-0.2, -0.15) is 13.2 Å². The lowest BCUT2D eigenvalue weighted by Crippen LogP contribution is -2.55. The van der Waals surface area contributed by atoms with E-state index in [1.165, 1.54) is 6.07 Å². The first-order valence-corrected chi connectivity index (χ1v) is 9.86. The molecule has 0 spiro atoms. The van der Waals surface area contributed by atoms with Gasteiger partial charge in [0.1, 0.15) is 11.6 Å². The number of nitrogens with one attached hydrogen (secondary N) is 1. The Hall–Kier alpha value is -3.30. The highest BCUT2D eigenvalue weighted by Crippen LogP contribution is 2.30. The fraction of sp³-hybridized carbons (Fsp3) is 0.381. The molecule has 4 rings (SSSR count). The zero-order valence-corrected chi connectivity index (χ0v) is 16.8. The minimum absolute atomic E-state index is 0.0813. The highest BCUT2D eigenvalue weighted by atomic mass is 19.4. The molecule has 1 amide bonds. The van der Waals surface area contributed by atoms with Crippen LogP contribution in [-0.4, -0.2) is 54.0 Å². The Kier molecular flexibility index (Phi) is 5.47. The maximum absolute atomic E-state index is 12.7. The number of pyridine rings is 1. The van der Waals surface area contributed by atoms with Crippen LogP contribution in [0, 0.1) is 0 Å². The van der Waals surface area contributed by atoms with E-state index in [0.29, 0.717) is 36.9 Å². The summed E-state index contributed by atoms with van der Waals surface area (Å²) >= 11 is 0. The van der Waals surface area contributed by atoms with Crippen LogP contribution in [0.4, 0.5) is 24.7 Å². The van der Waals surface area contributed by atoms with Crippen molar-refractivity contribution in [3.63, 3.8) is 0 Å². The molecule has 31 heavy (non-hydrogen) atoms. The van der Waals surface area contributed by atoms with Crippen molar-refractivity contribution in [2.45, 2.75) is 25.6 Å². The first-order chi connectivity index (χ1) is 14.7. The van der Waals surface area contributed by atoms with E-state index in [-0.39, 0.29) is 30.9 Å². The molecule has 0 aliphatic carbocycles. The van der Waals surface area contributed by atoms with E-state index in [1.807, 2.05) is 11.8 Å². The van der Waals surface area contributed by atoms with Gasteiger partial charge in [0.05, 0.1) is 18.5 Å². The number of alkyl halides is 3. The Balaban J connectivity index is 1.32. The van der Waals surface area contributed by atoms with Gasteiger partial charge in [-0.05, 0) is 25.1 Å². The molecular formula is C21H21F3N4O3. The number of halogens is 3. The number of carbonyl (C=O) groups is 2. The molecule has 2 aromatic rings. The van der Waals surface area contributed by atoms with Gasteiger partial charge in [0.2, 0.25) is 5.91 Å². The molecule has 1 aromatic heterocycles. The zero-order valence-electron chi connectivity index (χ0n) is 16.8. The molecule has 1 N–H and O–H groups in total. The van der Waals surface area contributed by atoms with Crippen molar-refractivity contribution in [1.82, 2.24) is 9.88 Å². The number of hydrogen-bond acceptors (Lipinski definition) is 6. The van der Waals surface area contributed by atoms with Gasteiger partial charge in [-0.1, -0.05) is 6.07 Å². The Labute approximate surface area is 176 Å². The van der Waals surface area contributed by atoms with Crippen molar-refractivity contribution in [3.8, 4) is 5.75 Å². The van der Waals surface area contributed by atoms with Gasteiger partial charge in [0.15, 0.2) is 0 Å². The number of hydrogen-bond donors (Lipinski definition) is 1. The van der Waals surface area contributed by atoms with Crippen molar-refractivity contribution in [3.05, 3.63) is 47.7 Å². The van der Waals surface area contributed by atoms with Gasteiger partial charge in [-0.15, -0.1) is 0 Å². The summed E-state index contributed by atoms with van der Waals surface area (Å²) in [4.78, 5) is 31.5. The zero-order chi connectivity index (χ0) is 22.2. The van der Waals surface area contributed by atoms with E-state index < -0.39 is 11.7 Å². The van der Waals surface area contributed by atoms with Crippen LogP contribution in [0.2, 0.25) is 0 Å². The van der Waals surface area contributed by atoms with Gasteiger partial charge < -0.3 is 19.9 Å². The van der Waals surface area contributed by atoms with E-state index in [9.17, 15) is 22.8 Å². The number of ether oxygens (including phenoxy) is 1. The second-order valence-electron chi connectivity index (χ2n) is 7.61. The number of carbonyl (C=O) groups excluding carboxylic acids is 2. The molecule has 0 saturated carbocycles. The normalized spacial score (nSPS) is 18.6. The maximum atomic E-state index is 12.7. The van der Waals surface area contributed by atoms with Gasteiger partial charge in [-0.25, -0.2) is 4.98 Å². The van der Waals surface area contributed by atoms with Crippen LogP contribution in [0.15, 0.2) is 36.5 Å². The van der Waals surface area contributed by atoms with E-state index >= 15 is 0 Å².